The van der Waals surface area contributed by atoms with E-state index in [2.05, 4.69) is 20.6 Å². The van der Waals surface area contributed by atoms with Crippen LogP contribution in [0, 0.1) is 0 Å². The van der Waals surface area contributed by atoms with Crippen molar-refractivity contribution in [2.45, 2.75) is 13.5 Å². The van der Waals surface area contributed by atoms with E-state index < -0.39 is 0 Å². The lowest BCUT2D eigenvalue weighted by Crippen LogP contribution is -2.46. The Balaban J connectivity index is 1.50. The van der Waals surface area contributed by atoms with E-state index in [-0.39, 0.29) is 34.1 Å². The molecule has 0 atom stereocenters. The van der Waals surface area contributed by atoms with Gasteiger partial charge in [0.05, 0.1) is 17.3 Å². The first kappa shape index (κ1) is 23.9. The molecule has 34 heavy (non-hydrogen) atoms. The molecule has 1 aliphatic heterocycles. The van der Waals surface area contributed by atoms with Gasteiger partial charge >= 0.3 is 6.03 Å². The zero-order chi connectivity index (χ0) is 24.2. The highest BCUT2D eigenvalue weighted by Crippen LogP contribution is 2.42. The number of hydrogen-bond acceptors (Lipinski definition) is 7. The predicted octanol–water partition coefficient (Wildman–Crippen LogP) is 4.80. The number of aromatic hydroxyl groups is 1. The number of likely N-dealkylation sites (N-methyl/N-ethyl adjacent to an activating group) is 1. The fourth-order valence-corrected chi connectivity index (χ4v) is 4.08. The molecule has 0 spiro atoms. The number of carbonyl (C=O) groups excluding carboxylic acids is 1. The number of carbonyl (C=O) groups is 1. The largest absolute Gasteiger partial charge is 0.506 e. The van der Waals surface area contributed by atoms with Crippen LogP contribution in [0.4, 0.5) is 27.9 Å². The molecule has 9 nitrogen and oxygen atoms in total. The molecule has 0 unspecified atom stereocenters. The molecule has 1 aromatic heterocycles. The first-order chi connectivity index (χ1) is 16.4. The van der Waals surface area contributed by atoms with Gasteiger partial charge in [0.2, 0.25) is 5.95 Å². The van der Waals surface area contributed by atoms with Crippen molar-refractivity contribution in [2.24, 2.45) is 0 Å². The molecule has 0 bridgehead atoms. The normalized spacial score (nSPS) is 13.1. The van der Waals surface area contributed by atoms with E-state index in [0.29, 0.717) is 23.9 Å². The van der Waals surface area contributed by atoms with Crippen molar-refractivity contribution in [1.82, 2.24) is 15.3 Å². The molecule has 2 amide bonds. The van der Waals surface area contributed by atoms with Crippen LogP contribution in [0.25, 0.3) is 0 Å². The Morgan fingerprint density at radius 2 is 1.94 bits per heavy atom. The van der Waals surface area contributed by atoms with Gasteiger partial charge < -0.3 is 20.5 Å². The minimum atomic E-state index is -0.384. The van der Waals surface area contributed by atoms with Gasteiger partial charge in [0, 0.05) is 31.0 Å². The SMILES string of the molecule is CCNCCOc1ccc(Nc2ncc3c(n2)N(C)C(=O)N(c2c(Cl)ccc(O)c2Cl)C3)cc1. The Morgan fingerprint density at radius 1 is 1.18 bits per heavy atom. The van der Waals surface area contributed by atoms with Crippen LogP contribution in [0.15, 0.2) is 42.6 Å². The lowest BCUT2D eigenvalue weighted by atomic mass is 10.2. The number of halogens is 2. The molecule has 0 aliphatic carbocycles. The first-order valence-corrected chi connectivity index (χ1v) is 11.4. The lowest BCUT2D eigenvalue weighted by molar-refractivity contribution is 0.251. The third-order valence-corrected chi connectivity index (χ3v) is 5.91. The number of aromatic nitrogens is 2. The molecule has 2 heterocycles. The summed E-state index contributed by atoms with van der Waals surface area (Å²) in [6.07, 6.45) is 1.64. The second-order valence-electron chi connectivity index (χ2n) is 7.55. The van der Waals surface area contributed by atoms with Crippen molar-refractivity contribution in [3.05, 3.63) is 58.2 Å². The molecule has 0 saturated carbocycles. The van der Waals surface area contributed by atoms with Crippen LogP contribution in [0.5, 0.6) is 11.5 Å². The Kier molecular flexibility index (Phi) is 7.26. The van der Waals surface area contributed by atoms with Crippen molar-refractivity contribution in [2.75, 3.05) is 41.9 Å². The summed E-state index contributed by atoms with van der Waals surface area (Å²) in [5.74, 6) is 1.42. The van der Waals surface area contributed by atoms with Crippen LogP contribution in [0.1, 0.15) is 12.5 Å². The average Bonchev–Trinajstić information content (AvgIpc) is 2.84. The maximum Gasteiger partial charge on any atom is 0.330 e. The summed E-state index contributed by atoms with van der Waals surface area (Å²) in [5.41, 5.74) is 1.72. The number of amides is 2. The summed E-state index contributed by atoms with van der Waals surface area (Å²) in [4.78, 5) is 24.8. The number of rotatable bonds is 8. The van der Waals surface area contributed by atoms with Crippen molar-refractivity contribution in [3.8, 4) is 11.5 Å². The Morgan fingerprint density at radius 3 is 2.68 bits per heavy atom. The highest BCUT2D eigenvalue weighted by molar-refractivity contribution is 6.41. The Bertz CT molecular complexity index is 1190. The Labute approximate surface area is 207 Å². The predicted molar refractivity (Wildman–Crippen MR) is 134 cm³/mol. The molecule has 0 saturated heterocycles. The van der Waals surface area contributed by atoms with Gasteiger partial charge in [0.15, 0.2) is 0 Å². The molecule has 3 N–H and O–H groups in total. The highest BCUT2D eigenvalue weighted by Gasteiger charge is 2.33. The molecule has 3 aromatic rings. The third kappa shape index (κ3) is 4.96. The van der Waals surface area contributed by atoms with E-state index in [0.717, 1.165) is 24.5 Å². The van der Waals surface area contributed by atoms with Gasteiger partial charge in [0.1, 0.15) is 28.9 Å². The van der Waals surface area contributed by atoms with Gasteiger partial charge in [-0.25, -0.2) is 9.78 Å². The summed E-state index contributed by atoms with van der Waals surface area (Å²) in [7, 11) is 1.61. The summed E-state index contributed by atoms with van der Waals surface area (Å²) >= 11 is 12.5. The molecular formula is C23H24Cl2N6O3. The van der Waals surface area contributed by atoms with Gasteiger partial charge in [-0.15, -0.1) is 0 Å². The number of hydrogen-bond donors (Lipinski definition) is 3. The summed E-state index contributed by atoms with van der Waals surface area (Å²) in [6, 6.07) is 9.95. The number of phenolic OH excluding ortho intramolecular Hbond substituents is 1. The number of fused-ring (bicyclic) bond motifs is 1. The molecule has 2 aromatic carbocycles. The van der Waals surface area contributed by atoms with E-state index in [9.17, 15) is 9.90 Å². The quantitative estimate of drug-likeness (QED) is 0.380. The number of benzene rings is 2. The number of anilines is 4. The number of nitrogens with one attached hydrogen (secondary N) is 2. The molecular weight excluding hydrogens is 479 g/mol. The van der Waals surface area contributed by atoms with Crippen LogP contribution in [-0.4, -0.2) is 47.8 Å². The van der Waals surface area contributed by atoms with Crippen LogP contribution in [-0.2, 0) is 6.54 Å². The fourth-order valence-electron chi connectivity index (χ4n) is 3.50. The average molecular weight is 503 g/mol. The van der Waals surface area contributed by atoms with Crippen molar-refractivity contribution in [3.63, 3.8) is 0 Å². The second-order valence-corrected chi connectivity index (χ2v) is 8.34. The number of phenols is 1. The van der Waals surface area contributed by atoms with Gasteiger partial charge in [-0.2, -0.15) is 4.98 Å². The van der Waals surface area contributed by atoms with Gasteiger partial charge in [-0.3, -0.25) is 9.80 Å². The molecule has 1 aliphatic rings. The standard InChI is InChI=1S/C23H24Cl2N6O3/c1-3-26-10-11-34-16-6-4-15(5-7-16)28-22-27-12-14-13-31(23(33)30(2)21(14)29-22)20-17(24)8-9-18(32)19(20)25/h4-9,12,26,32H,3,10-11,13H2,1-2H3,(H,27,28,29). The Hall–Kier alpha value is -3.27. The zero-order valence-electron chi connectivity index (χ0n) is 18.7. The third-order valence-electron chi connectivity index (χ3n) is 5.23. The highest BCUT2D eigenvalue weighted by atomic mass is 35.5. The van der Waals surface area contributed by atoms with Gasteiger partial charge in [-0.05, 0) is 42.9 Å². The minimum absolute atomic E-state index is 0.00552. The summed E-state index contributed by atoms with van der Waals surface area (Å²) < 4.78 is 5.68. The molecule has 0 radical (unpaired) electrons. The molecule has 11 heteroatoms. The minimum Gasteiger partial charge on any atom is -0.506 e. The maximum atomic E-state index is 13.1. The smallest absolute Gasteiger partial charge is 0.330 e. The van der Waals surface area contributed by atoms with E-state index in [1.165, 1.54) is 21.9 Å². The molecule has 4 rings (SSSR count). The van der Waals surface area contributed by atoms with E-state index >= 15 is 0 Å². The molecule has 178 valence electrons. The maximum absolute atomic E-state index is 13.1. The first-order valence-electron chi connectivity index (χ1n) is 10.7. The fraction of sp³-hybridized carbons (Fsp3) is 0.261. The second kappa shape index (κ2) is 10.3. The van der Waals surface area contributed by atoms with Crippen molar-refractivity contribution in [1.29, 1.82) is 0 Å². The summed E-state index contributed by atoms with van der Waals surface area (Å²) in [5, 5.41) is 16.6. The van der Waals surface area contributed by atoms with E-state index in [4.69, 9.17) is 27.9 Å². The number of urea groups is 1. The number of ether oxygens (including phenoxy) is 1. The van der Waals surface area contributed by atoms with Crippen LogP contribution < -0.4 is 25.2 Å². The number of nitrogens with zero attached hydrogens (tertiary/aromatic N) is 4. The van der Waals surface area contributed by atoms with Gasteiger partial charge in [0.25, 0.3) is 0 Å². The topological polar surface area (TPSA) is 103 Å². The van der Waals surface area contributed by atoms with Crippen LogP contribution in [0.3, 0.4) is 0 Å². The molecule has 0 fully saturated rings. The summed E-state index contributed by atoms with van der Waals surface area (Å²) in [6.45, 7) is 4.48. The van der Waals surface area contributed by atoms with Crippen LogP contribution in [0.2, 0.25) is 10.0 Å². The van der Waals surface area contributed by atoms with Crippen LogP contribution >= 0.6 is 23.2 Å². The lowest BCUT2D eigenvalue weighted by Gasteiger charge is -2.34. The van der Waals surface area contributed by atoms with E-state index in [1.807, 2.05) is 31.2 Å². The van der Waals surface area contributed by atoms with Crippen molar-refractivity contribution < 1.29 is 14.6 Å². The van der Waals surface area contributed by atoms with Gasteiger partial charge in [-0.1, -0.05) is 30.1 Å². The van der Waals surface area contributed by atoms with E-state index in [1.54, 1.807) is 13.2 Å². The monoisotopic (exact) mass is 502 g/mol. The zero-order valence-corrected chi connectivity index (χ0v) is 20.2. The van der Waals surface area contributed by atoms with Crippen molar-refractivity contribution >= 4 is 52.4 Å².